The topological polar surface area (TPSA) is 46.6 Å². The fourth-order valence-electron chi connectivity index (χ4n) is 2.89. The lowest BCUT2D eigenvalue weighted by atomic mass is 10.0. The standard InChI is InChI=1S/C18H20FNO3S/c1-14-4-9-18-15(13-14)3-2-10-20(18)24(21,22)12-11-23-17-7-5-16(19)6-8-17/h4-9,13H,2-3,10-12H2,1H3. The Morgan fingerprint density at radius 3 is 2.67 bits per heavy atom. The van der Waals surface area contributed by atoms with Crippen LogP contribution in [-0.2, 0) is 16.4 Å². The molecular weight excluding hydrogens is 329 g/mol. The molecule has 0 aliphatic carbocycles. The van der Waals surface area contributed by atoms with Crippen LogP contribution in [0, 0.1) is 12.7 Å². The summed E-state index contributed by atoms with van der Waals surface area (Å²) in [5.41, 5.74) is 2.98. The highest BCUT2D eigenvalue weighted by Gasteiger charge is 2.27. The molecule has 1 aliphatic heterocycles. The van der Waals surface area contributed by atoms with Gasteiger partial charge in [-0.2, -0.15) is 0 Å². The van der Waals surface area contributed by atoms with Crippen molar-refractivity contribution in [3.63, 3.8) is 0 Å². The Hall–Kier alpha value is -2.08. The van der Waals surface area contributed by atoms with Gasteiger partial charge in [0.15, 0.2) is 0 Å². The maximum Gasteiger partial charge on any atom is 0.238 e. The summed E-state index contributed by atoms with van der Waals surface area (Å²) in [5, 5.41) is 0. The molecule has 0 unspecified atom stereocenters. The number of hydrogen-bond donors (Lipinski definition) is 0. The summed E-state index contributed by atoms with van der Waals surface area (Å²) in [4.78, 5) is 0. The molecule has 0 saturated heterocycles. The van der Waals surface area contributed by atoms with Gasteiger partial charge in [-0.15, -0.1) is 0 Å². The van der Waals surface area contributed by atoms with E-state index < -0.39 is 10.0 Å². The van der Waals surface area contributed by atoms with E-state index in [0.29, 0.717) is 12.3 Å². The van der Waals surface area contributed by atoms with Gasteiger partial charge in [-0.3, -0.25) is 4.31 Å². The molecular formula is C18H20FNO3S. The third-order valence-electron chi connectivity index (χ3n) is 4.07. The van der Waals surface area contributed by atoms with E-state index in [1.165, 1.54) is 28.6 Å². The van der Waals surface area contributed by atoms with Gasteiger partial charge < -0.3 is 4.74 Å². The van der Waals surface area contributed by atoms with Gasteiger partial charge in [0.1, 0.15) is 23.9 Å². The molecule has 0 fully saturated rings. The van der Waals surface area contributed by atoms with Gasteiger partial charge in [-0.05, 0) is 55.7 Å². The summed E-state index contributed by atoms with van der Waals surface area (Å²) < 4.78 is 45.1. The molecule has 0 atom stereocenters. The van der Waals surface area contributed by atoms with Crippen molar-refractivity contribution in [1.29, 1.82) is 0 Å². The normalized spacial score (nSPS) is 14.3. The van der Waals surface area contributed by atoms with E-state index in [1.54, 1.807) is 0 Å². The van der Waals surface area contributed by atoms with Crippen LogP contribution in [0.15, 0.2) is 42.5 Å². The molecule has 6 heteroatoms. The molecule has 128 valence electrons. The molecule has 0 saturated carbocycles. The Morgan fingerprint density at radius 1 is 1.17 bits per heavy atom. The maximum absolute atomic E-state index is 12.9. The highest BCUT2D eigenvalue weighted by molar-refractivity contribution is 7.92. The Balaban J connectivity index is 1.69. The van der Waals surface area contributed by atoms with E-state index in [4.69, 9.17) is 4.74 Å². The van der Waals surface area contributed by atoms with Crippen LogP contribution in [-0.4, -0.2) is 27.3 Å². The number of ether oxygens (including phenoxy) is 1. The molecule has 24 heavy (non-hydrogen) atoms. The number of rotatable bonds is 5. The zero-order chi connectivity index (χ0) is 17.2. The van der Waals surface area contributed by atoms with E-state index in [0.717, 1.165) is 29.7 Å². The Morgan fingerprint density at radius 2 is 1.92 bits per heavy atom. The highest BCUT2D eigenvalue weighted by Crippen LogP contribution is 2.30. The summed E-state index contributed by atoms with van der Waals surface area (Å²) >= 11 is 0. The molecule has 1 aliphatic rings. The van der Waals surface area contributed by atoms with Crippen molar-refractivity contribution < 1.29 is 17.5 Å². The van der Waals surface area contributed by atoms with Crippen LogP contribution >= 0.6 is 0 Å². The lowest BCUT2D eigenvalue weighted by Gasteiger charge is -2.30. The summed E-state index contributed by atoms with van der Waals surface area (Å²) in [7, 11) is -3.45. The largest absolute Gasteiger partial charge is 0.492 e. The van der Waals surface area contributed by atoms with Gasteiger partial charge in [-0.1, -0.05) is 17.7 Å². The molecule has 2 aromatic carbocycles. The molecule has 0 bridgehead atoms. The van der Waals surface area contributed by atoms with Crippen molar-refractivity contribution in [2.75, 3.05) is 23.2 Å². The van der Waals surface area contributed by atoms with E-state index >= 15 is 0 Å². The highest BCUT2D eigenvalue weighted by atomic mass is 32.2. The second kappa shape index (κ2) is 6.81. The quantitative estimate of drug-likeness (QED) is 0.832. The average Bonchev–Trinajstić information content (AvgIpc) is 2.55. The number of sulfonamides is 1. The average molecular weight is 349 g/mol. The fraction of sp³-hybridized carbons (Fsp3) is 0.333. The van der Waals surface area contributed by atoms with Crippen LogP contribution in [0.1, 0.15) is 17.5 Å². The molecule has 0 spiro atoms. The summed E-state index contributed by atoms with van der Waals surface area (Å²) in [6, 6.07) is 11.4. The smallest absolute Gasteiger partial charge is 0.238 e. The van der Waals surface area contributed by atoms with Crippen LogP contribution in [0.3, 0.4) is 0 Å². The van der Waals surface area contributed by atoms with E-state index in [-0.39, 0.29) is 18.2 Å². The van der Waals surface area contributed by atoms with E-state index in [9.17, 15) is 12.8 Å². The number of fused-ring (bicyclic) bond motifs is 1. The molecule has 0 aromatic heterocycles. The van der Waals surface area contributed by atoms with E-state index in [1.807, 2.05) is 25.1 Å². The number of hydrogen-bond acceptors (Lipinski definition) is 3. The first kappa shape index (κ1) is 16.8. The summed E-state index contributed by atoms with van der Waals surface area (Å²) in [6.07, 6.45) is 1.71. The lowest BCUT2D eigenvalue weighted by molar-refractivity contribution is 0.340. The number of anilines is 1. The number of aryl methyl sites for hydroxylation is 2. The Labute approximate surface area is 141 Å². The summed E-state index contributed by atoms with van der Waals surface area (Å²) in [6.45, 7) is 2.53. The van der Waals surface area contributed by atoms with Gasteiger partial charge >= 0.3 is 0 Å². The Bertz CT molecular complexity index is 819. The van der Waals surface area contributed by atoms with Crippen molar-refractivity contribution in [3.05, 3.63) is 59.4 Å². The molecule has 0 N–H and O–H groups in total. The van der Waals surface area contributed by atoms with Crippen LogP contribution in [0.4, 0.5) is 10.1 Å². The third-order valence-corrected chi connectivity index (χ3v) is 5.80. The van der Waals surface area contributed by atoms with Crippen molar-refractivity contribution in [2.24, 2.45) is 0 Å². The minimum absolute atomic E-state index is 0.0334. The van der Waals surface area contributed by atoms with Gasteiger partial charge in [0.2, 0.25) is 10.0 Å². The first-order chi connectivity index (χ1) is 11.5. The minimum atomic E-state index is -3.45. The van der Waals surface area contributed by atoms with Crippen molar-refractivity contribution in [3.8, 4) is 5.75 Å². The zero-order valence-electron chi connectivity index (χ0n) is 13.5. The monoisotopic (exact) mass is 349 g/mol. The Kier molecular flexibility index (Phi) is 4.76. The molecule has 2 aromatic rings. The van der Waals surface area contributed by atoms with Gasteiger partial charge in [0.05, 0.1) is 5.69 Å². The van der Waals surface area contributed by atoms with Crippen molar-refractivity contribution in [2.45, 2.75) is 19.8 Å². The molecule has 3 rings (SSSR count). The molecule has 4 nitrogen and oxygen atoms in total. The predicted octanol–water partition coefficient (Wildman–Crippen LogP) is 3.30. The first-order valence-electron chi connectivity index (χ1n) is 7.94. The second-order valence-electron chi connectivity index (χ2n) is 5.93. The number of nitrogens with zero attached hydrogens (tertiary/aromatic N) is 1. The van der Waals surface area contributed by atoms with Crippen LogP contribution < -0.4 is 9.04 Å². The van der Waals surface area contributed by atoms with Gasteiger partial charge in [0.25, 0.3) is 0 Å². The molecule has 0 radical (unpaired) electrons. The molecule has 1 heterocycles. The second-order valence-corrected chi connectivity index (χ2v) is 7.94. The van der Waals surface area contributed by atoms with Crippen LogP contribution in [0.5, 0.6) is 5.75 Å². The minimum Gasteiger partial charge on any atom is -0.492 e. The number of benzene rings is 2. The van der Waals surface area contributed by atoms with Gasteiger partial charge in [0, 0.05) is 6.54 Å². The van der Waals surface area contributed by atoms with Crippen LogP contribution in [0.25, 0.3) is 0 Å². The van der Waals surface area contributed by atoms with Crippen LogP contribution in [0.2, 0.25) is 0 Å². The predicted molar refractivity (Wildman–Crippen MR) is 92.5 cm³/mol. The third kappa shape index (κ3) is 3.70. The van der Waals surface area contributed by atoms with Crippen molar-refractivity contribution in [1.82, 2.24) is 0 Å². The molecule has 0 amide bonds. The number of halogens is 1. The maximum atomic E-state index is 12.9. The summed E-state index contributed by atoms with van der Waals surface area (Å²) in [5.74, 6) is -0.00557. The van der Waals surface area contributed by atoms with Gasteiger partial charge in [-0.25, -0.2) is 12.8 Å². The van der Waals surface area contributed by atoms with Crippen molar-refractivity contribution >= 4 is 15.7 Å². The SMILES string of the molecule is Cc1ccc2c(c1)CCCN2S(=O)(=O)CCOc1ccc(F)cc1. The lowest BCUT2D eigenvalue weighted by Crippen LogP contribution is -2.38. The zero-order valence-corrected chi connectivity index (χ0v) is 14.4. The fourth-order valence-corrected chi connectivity index (χ4v) is 4.29. The van der Waals surface area contributed by atoms with E-state index in [2.05, 4.69) is 0 Å². The first-order valence-corrected chi connectivity index (χ1v) is 9.55.